The van der Waals surface area contributed by atoms with E-state index in [0.717, 1.165) is 24.8 Å². The summed E-state index contributed by atoms with van der Waals surface area (Å²) in [6.07, 6.45) is 3.39. The number of thioether (sulfide) groups is 1. The first-order chi connectivity index (χ1) is 13.8. The van der Waals surface area contributed by atoms with Gasteiger partial charge >= 0.3 is 0 Å². The van der Waals surface area contributed by atoms with Crippen LogP contribution >= 0.6 is 11.8 Å². The van der Waals surface area contributed by atoms with E-state index in [1.165, 1.54) is 17.3 Å². The van der Waals surface area contributed by atoms with Crippen LogP contribution in [0.5, 0.6) is 0 Å². The maximum absolute atomic E-state index is 5.70. The summed E-state index contributed by atoms with van der Waals surface area (Å²) in [6.45, 7) is 0. The number of hydrogen-bond donors (Lipinski definition) is 0. The van der Waals surface area contributed by atoms with Crippen LogP contribution in [0, 0.1) is 0 Å². The summed E-state index contributed by atoms with van der Waals surface area (Å²) in [5.74, 6) is 2.40. The fraction of sp³-hybridized carbons (Fsp3) is 0.238. The Morgan fingerprint density at radius 3 is 2.32 bits per heavy atom. The molecule has 142 valence electrons. The minimum absolute atomic E-state index is 0.507. The van der Waals surface area contributed by atoms with Crippen molar-refractivity contribution in [2.75, 3.05) is 0 Å². The molecule has 2 aromatic carbocycles. The second kappa shape index (κ2) is 9.32. The molecule has 0 unspecified atom stereocenters. The van der Waals surface area contributed by atoms with Crippen LogP contribution in [-0.4, -0.2) is 20.3 Å². The van der Waals surface area contributed by atoms with E-state index >= 15 is 0 Å². The maximum Gasteiger partial charge on any atom is 0.277 e. The van der Waals surface area contributed by atoms with E-state index in [9.17, 15) is 0 Å². The molecule has 2 aromatic heterocycles. The SMILES string of the molecule is c1ccc(CCCc2nnc(SCc3nc(Cc4ccccc4)no3)o2)cc1. The van der Waals surface area contributed by atoms with Crippen molar-refractivity contribution in [1.82, 2.24) is 20.3 Å². The van der Waals surface area contributed by atoms with E-state index in [0.29, 0.717) is 35.0 Å². The van der Waals surface area contributed by atoms with Gasteiger partial charge in [0, 0.05) is 12.8 Å². The second-order valence-corrected chi connectivity index (χ2v) is 7.28. The van der Waals surface area contributed by atoms with Gasteiger partial charge < -0.3 is 8.94 Å². The van der Waals surface area contributed by atoms with Gasteiger partial charge in [0.15, 0.2) is 5.82 Å². The predicted octanol–water partition coefficient (Wildman–Crippen LogP) is 4.51. The molecular weight excluding hydrogens is 372 g/mol. The normalized spacial score (nSPS) is 11.0. The molecule has 0 saturated heterocycles. The van der Waals surface area contributed by atoms with Gasteiger partial charge in [-0.15, -0.1) is 10.2 Å². The van der Waals surface area contributed by atoms with E-state index < -0.39 is 0 Å². The van der Waals surface area contributed by atoms with Gasteiger partial charge in [-0.3, -0.25) is 0 Å². The molecule has 4 rings (SSSR count). The highest BCUT2D eigenvalue weighted by Crippen LogP contribution is 2.21. The topological polar surface area (TPSA) is 77.8 Å². The number of aromatic nitrogens is 4. The van der Waals surface area contributed by atoms with Crippen molar-refractivity contribution < 1.29 is 8.94 Å². The Bertz CT molecular complexity index is 986. The van der Waals surface area contributed by atoms with Gasteiger partial charge in [0.2, 0.25) is 11.8 Å². The third-order valence-electron chi connectivity index (χ3n) is 4.18. The molecule has 0 N–H and O–H groups in total. The van der Waals surface area contributed by atoms with E-state index in [4.69, 9.17) is 8.94 Å². The molecule has 4 aromatic rings. The Morgan fingerprint density at radius 2 is 1.54 bits per heavy atom. The molecule has 0 radical (unpaired) electrons. The van der Waals surface area contributed by atoms with E-state index in [2.05, 4.69) is 44.6 Å². The first-order valence-electron chi connectivity index (χ1n) is 9.19. The highest BCUT2D eigenvalue weighted by atomic mass is 32.2. The van der Waals surface area contributed by atoms with E-state index in [-0.39, 0.29) is 0 Å². The van der Waals surface area contributed by atoms with Gasteiger partial charge in [0.05, 0.1) is 5.75 Å². The van der Waals surface area contributed by atoms with Crippen LogP contribution in [0.1, 0.15) is 35.2 Å². The average molecular weight is 392 g/mol. The number of benzene rings is 2. The summed E-state index contributed by atoms with van der Waals surface area (Å²) in [7, 11) is 0. The largest absolute Gasteiger partial charge is 0.416 e. The summed E-state index contributed by atoms with van der Waals surface area (Å²) in [5.41, 5.74) is 2.47. The van der Waals surface area contributed by atoms with Gasteiger partial charge in [-0.25, -0.2) is 0 Å². The zero-order valence-electron chi connectivity index (χ0n) is 15.3. The fourth-order valence-corrected chi connectivity index (χ4v) is 3.43. The molecular formula is C21H20N4O2S. The predicted molar refractivity (Wildman–Crippen MR) is 106 cm³/mol. The van der Waals surface area contributed by atoms with Crippen LogP contribution in [0.25, 0.3) is 0 Å². The highest BCUT2D eigenvalue weighted by Gasteiger charge is 2.11. The van der Waals surface area contributed by atoms with Crippen molar-refractivity contribution in [3.63, 3.8) is 0 Å². The van der Waals surface area contributed by atoms with Gasteiger partial charge in [0.1, 0.15) is 0 Å². The van der Waals surface area contributed by atoms with Gasteiger partial charge in [-0.2, -0.15) is 4.98 Å². The second-order valence-electron chi connectivity index (χ2n) is 6.36. The summed E-state index contributed by atoms with van der Waals surface area (Å²) < 4.78 is 11.0. The Morgan fingerprint density at radius 1 is 0.786 bits per heavy atom. The lowest BCUT2D eigenvalue weighted by atomic mass is 10.1. The first-order valence-corrected chi connectivity index (χ1v) is 10.2. The van der Waals surface area contributed by atoms with Crippen molar-refractivity contribution in [3.05, 3.63) is 89.4 Å². The van der Waals surface area contributed by atoms with Crippen LogP contribution in [0.15, 0.2) is 74.8 Å². The Labute approximate surface area is 167 Å². The van der Waals surface area contributed by atoms with Crippen molar-refractivity contribution in [2.45, 2.75) is 36.7 Å². The summed E-state index contributed by atoms with van der Waals surface area (Å²) in [5, 5.41) is 12.8. The smallest absolute Gasteiger partial charge is 0.277 e. The minimum Gasteiger partial charge on any atom is -0.416 e. The summed E-state index contributed by atoms with van der Waals surface area (Å²) in [6, 6.07) is 20.5. The quantitative estimate of drug-likeness (QED) is 0.388. The third kappa shape index (κ3) is 5.29. The summed E-state index contributed by atoms with van der Waals surface area (Å²) >= 11 is 1.41. The van der Waals surface area contributed by atoms with Gasteiger partial charge in [-0.1, -0.05) is 77.6 Å². The van der Waals surface area contributed by atoms with Crippen LogP contribution < -0.4 is 0 Å². The number of hydrogen-bond acceptors (Lipinski definition) is 7. The van der Waals surface area contributed by atoms with Gasteiger partial charge in [0.25, 0.3) is 5.22 Å². The lowest BCUT2D eigenvalue weighted by Crippen LogP contribution is -1.90. The molecule has 0 fully saturated rings. The van der Waals surface area contributed by atoms with Crippen LogP contribution in [-0.2, 0) is 25.0 Å². The van der Waals surface area contributed by atoms with Crippen LogP contribution in [0.3, 0.4) is 0 Å². The zero-order chi connectivity index (χ0) is 19.0. The summed E-state index contributed by atoms with van der Waals surface area (Å²) in [4.78, 5) is 4.42. The lowest BCUT2D eigenvalue weighted by molar-refractivity contribution is 0.383. The average Bonchev–Trinajstić information content (AvgIpc) is 3.37. The molecule has 0 aliphatic carbocycles. The number of nitrogens with zero attached hydrogens (tertiary/aromatic N) is 4. The third-order valence-corrected chi connectivity index (χ3v) is 4.98. The van der Waals surface area contributed by atoms with Crippen molar-refractivity contribution >= 4 is 11.8 Å². The first kappa shape index (κ1) is 18.4. The molecule has 28 heavy (non-hydrogen) atoms. The molecule has 0 bridgehead atoms. The maximum atomic E-state index is 5.70. The Kier molecular flexibility index (Phi) is 6.14. The van der Waals surface area contributed by atoms with Crippen molar-refractivity contribution in [3.8, 4) is 0 Å². The molecule has 0 saturated carbocycles. The van der Waals surface area contributed by atoms with Gasteiger partial charge in [-0.05, 0) is 24.0 Å². The Hall–Kier alpha value is -2.93. The molecule has 6 nitrogen and oxygen atoms in total. The molecule has 0 aliphatic rings. The van der Waals surface area contributed by atoms with E-state index in [1.54, 1.807) is 0 Å². The number of rotatable bonds is 9. The van der Waals surface area contributed by atoms with Crippen LogP contribution in [0.4, 0.5) is 0 Å². The minimum atomic E-state index is 0.507. The standard InChI is InChI=1S/C21H20N4O2S/c1-3-8-16(9-4-1)12-7-13-19-23-24-21(26-19)28-15-20-22-18(25-27-20)14-17-10-5-2-6-11-17/h1-6,8-11H,7,12-15H2. The van der Waals surface area contributed by atoms with Crippen LogP contribution in [0.2, 0.25) is 0 Å². The zero-order valence-corrected chi connectivity index (χ0v) is 16.1. The van der Waals surface area contributed by atoms with E-state index in [1.807, 2.05) is 36.4 Å². The molecule has 0 spiro atoms. The molecule has 2 heterocycles. The molecule has 0 aliphatic heterocycles. The fourth-order valence-electron chi connectivity index (χ4n) is 2.81. The Balaban J connectivity index is 1.23. The van der Waals surface area contributed by atoms with Crippen molar-refractivity contribution in [2.24, 2.45) is 0 Å². The monoisotopic (exact) mass is 392 g/mol. The molecule has 7 heteroatoms. The number of aryl methyl sites for hydroxylation is 2. The molecule has 0 amide bonds. The highest BCUT2D eigenvalue weighted by molar-refractivity contribution is 7.98. The lowest BCUT2D eigenvalue weighted by Gasteiger charge is -1.98. The van der Waals surface area contributed by atoms with Crippen molar-refractivity contribution in [1.29, 1.82) is 0 Å². The molecule has 0 atom stereocenters.